The van der Waals surface area contributed by atoms with E-state index in [1.807, 2.05) is 28.5 Å². The van der Waals surface area contributed by atoms with Crippen LogP contribution in [0.5, 0.6) is 0 Å². The Bertz CT molecular complexity index is 936. The highest BCUT2D eigenvalue weighted by molar-refractivity contribution is 7.13. The summed E-state index contributed by atoms with van der Waals surface area (Å²) in [6.45, 7) is 4.88. The van der Waals surface area contributed by atoms with E-state index in [0.717, 1.165) is 18.5 Å². The summed E-state index contributed by atoms with van der Waals surface area (Å²) in [7, 11) is 0. The van der Waals surface area contributed by atoms with Gasteiger partial charge in [-0.15, -0.1) is 11.3 Å². The van der Waals surface area contributed by atoms with E-state index in [2.05, 4.69) is 22.3 Å². The highest BCUT2D eigenvalue weighted by atomic mass is 32.1. The van der Waals surface area contributed by atoms with Crippen LogP contribution in [0.25, 0.3) is 0 Å². The minimum absolute atomic E-state index is 0.00861. The molecule has 0 aliphatic carbocycles. The molecule has 0 unspecified atom stereocenters. The quantitative estimate of drug-likeness (QED) is 0.749. The summed E-state index contributed by atoms with van der Waals surface area (Å²) in [4.78, 5) is 19.5. The van der Waals surface area contributed by atoms with Gasteiger partial charge in [0.25, 0.3) is 5.91 Å². The van der Waals surface area contributed by atoms with Crippen molar-refractivity contribution < 1.29 is 9.32 Å². The zero-order chi connectivity index (χ0) is 19.0. The molecule has 0 spiro atoms. The van der Waals surface area contributed by atoms with Crippen LogP contribution >= 0.6 is 11.3 Å². The molecule has 1 aliphatic rings. The molecule has 0 radical (unpaired) electrons. The fraction of sp³-hybridized carbons (Fsp3) is 0.350. The van der Waals surface area contributed by atoms with Crippen LogP contribution in [-0.4, -0.2) is 34.0 Å². The predicted octanol–water partition coefficient (Wildman–Crippen LogP) is 3.55. The number of amides is 1. The number of benzene rings is 1. The van der Waals surface area contributed by atoms with Crippen molar-refractivity contribution in [2.75, 3.05) is 18.8 Å². The predicted molar refractivity (Wildman–Crippen MR) is 105 cm³/mol. The number of aromatic nitrogens is 2. The van der Waals surface area contributed by atoms with E-state index in [9.17, 15) is 4.79 Å². The van der Waals surface area contributed by atoms with E-state index in [4.69, 9.17) is 10.3 Å². The second kappa shape index (κ2) is 6.81. The fourth-order valence-electron chi connectivity index (χ4n) is 4.00. The summed E-state index contributed by atoms with van der Waals surface area (Å²) >= 11 is 1.47. The molecule has 4 rings (SSSR count). The Hall–Kier alpha value is -2.67. The van der Waals surface area contributed by atoms with Crippen LogP contribution in [0.1, 0.15) is 45.9 Å². The summed E-state index contributed by atoms with van der Waals surface area (Å²) in [6, 6.07) is 10.4. The first-order valence-electron chi connectivity index (χ1n) is 9.00. The molecule has 7 heteroatoms. The second-order valence-electron chi connectivity index (χ2n) is 7.01. The van der Waals surface area contributed by atoms with Crippen LogP contribution in [0.3, 0.4) is 0 Å². The zero-order valence-electron chi connectivity index (χ0n) is 15.4. The van der Waals surface area contributed by atoms with E-state index in [1.54, 1.807) is 13.8 Å². The molecular formula is C20H22N4O2S. The third-order valence-electron chi connectivity index (χ3n) is 5.49. The Morgan fingerprint density at radius 1 is 1.22 bits per heavy atom. The van der Waals surface area contributed by atoms with Crippen molar-refractivity contribution in [3.05, 3.63) is 64.0 Å². The summed E-state index contributed by atoms with van der Waals surface area (Å²) in [6.07, 6.45) is 1.60. The van der Waals surface area contributed by atoms with Gasteiger partial charge in [-0.05, 0) is 32.3 Å². The van der Waals surface area contributed by atoms with Crippen molar-refractivity contribution in [1.82, 2.24) is 15.0 Å². The van der Waals surface area contributed by atoms with E-state index in [0.29, 0.717) is 35.2 Å². The van der Waals surface area contributed by atoms with Crippen LogP contribution in [0, 0.1) is 13.8 Å². The molecule has 1 saturated heterocycles. The molecule has 2 aromatic heterocycles. The van der Waals surface area contributed by atoms with E-state index in [1.165, 1.54) is 16.9 Å². The first-order valence-corrected chi connectivity index (χ1v) is 9.88. The zero-order valence-corrected chi connectivity index (χ0v) is 16.3. The number of nitrogens with zero attached hydrogens (tertiary/aromatic N) is 3. The molecule has 6 nitrogen and oxygen atoms in total. The minimum atomic E-state index is -0.217. The molecule has 1 aromatic carbocycles. The molecule has 0 bridgehead atoms. The van der Waals surface area contributed by atoms with Crippen molar-refractivity contribution in [2.24, 2.45) is 0 Å². The highest BCUT2D eigenvalue weighted by Gasteiger charge is 2.41. The number of carbonyl (C=O) groups excluding carboxylic acids is 1. The molecule has 2 N–H and O–H groups in total. The number of carbonyl (C=O) groups is 1. The topological polar surface area (TPSA) is 85.2 Å². The molecule has 3 heterocycles. The van der Waals surface area contributed by atoms with Gasteiger partial charge in [0.05, 0.1) is 11.4 Å². The standard InChI is InChI=1S/C20H22N4O2S/c1-13-17(14(2)26-23-13)18(25)24-10-8-20(9-11-24,15-6-4-3-5-7-15)16-12-27-19(21)22-16/h3-7,12H,8-11H2,1-2H3,(H2,21,22). The smallest absolute Gasteiger partial charge is 0.259 e. The summed E-state index contributed by atoms with van der Waals surface area (Å²) in [5.74, 6) is 0.565. The largest absolute Gasteiger partial charge is 0.375 e. The number of nitrogen functional groups attached to an aromatic ring is 1. The second-order valence-corrected chi connectivity index (χ2v) is 7.90. The Labute approximate surface area is 162 Å². The maximum atomic E-state index is 13.0. The van der Waals surface area contributed by atoms with Crippen molar-refractivity contribution in [2.45, 2.75) is 32.1 Å². The number of rotatable bonds is 3. The lowest BCUT2D eigenvalue weighted by Gasteiger charge is -2.41. The van der Waals surface area contributed by atoms with E-state index < -0.39 is 0 Å². The number of nitrogens with two attached hydrogens (primary N) is 1. The van der Waals surface area contributed by atoms with Gasteiger partial charge in [0.1, 0.15) is 11.3 Å². The van der Waals surface area contributed by atoms with Gasteiger partial charge in [-0.2, -0.15) is 0 Å². The van der Waals surface area contributed by atoms with Gasteiger partial charge in [-0.25, -0.2) is 4.98 Å². The number of likely N-dealkylation sites (tertiary alicyclic amines) is 1. The van der Waals surface area contributed by atoms with Crippen LogP contribution in [0.15, 0.2) is 40.2 Å². The monoisotopic (exact) mass is 382 g/mol. The first-order chi connectivity index (χ1) is 13.0. The minimum Gasteiger partial charge on any atom is -0.375 e. The first kappa shape index (κ1) is 17.7. The van der Waals surface area contributed by atoms with Crippen LogP contribution in [0.4, 0.5) is 5.13 Å². The summed E-state index contributed by atoms with van der Waals surface area (Å²) < 4.78 is 5.17. The van der Waals surface area contributed by atoms with Gasteiger partial charge in [-0.3, -0.25) is 4.79 Å². The molecule has 140 valence electrons. The molecule has 27 heavy (non-hydrogen) atoms. The average molecular weight is 382 g/mol. The summed E-state index contributed by atoms with van der Waals surface area (Å²) in [5, 5.41) is 6.54. The Balaban J connectivity index is 1.63. The van der Waals surface area contributed by atoms with Gasteiger partial charge in [0.2, 0.25) is 0 Å². The lowest BCUT2D eigenvalue weighted by atomic mass is 9.70. The van der Waals surface area contributed by atoms with Gasteiger partial charge in [0.15, 0.2) is 5.13 Å². The number of thiazole rings is 1. The number of hydrogen-bond donors (Lipinski definition) is 1. The maximum absolute atomic E-state index is 13.0. The van der Waals surface area contributed by atoms with Gasteiger partial charge in [-0.1, -0.05) is 35.5 Å². The van der Waals surface area contributed by atoms with Crippen molar-refractivity contribution >= 4 is 22.4 Å². The normalized spacial score (nSPS) is 16.4. The number of piperidine rings is 1. The SMILES string of the molecule is Cc1noc(C)c1C(=O)N1CCC(c2ccccc2)(c2csc(N)n2)CC1. The van der Waals surface area contributed by atoms with E-state index >= 15 is 0 Å². The third kappa shape index (κ3) is 3.02. The number of anilines is 1. The van der Waals surface area contributed by atoms with Crippen molar-refractivity contribution in [1.29, 1.82) is 0 Å². The number of aryl methyl sites for hydroxylation is 2. The van der Waals surface area contributed by atoms with Crippen LogP contribution in [-0.2, 0) is 5.41 Å². The number of hydrogen-bond acceptors (Lipinski definition) is 6. The molecule has 1 aliphatic heterocycles. The third-order valence-corrected chi connectivity index (χ3v) is 6.16. The van der Waals surface area contributed by atoms with E-state index in [-0.39, 0.29) is 11.3 Å². The van der Waals surface area contributed by atoms with Gasteiger partial charge in [0, 0.05) is 23.9 Å². The Morgan fingerprint density at radius 3 is 2.48 bits per heavy atom. The molecule has 0 atom stereocenters. The Morgan fingerprint density at radius 2 is 1.93 bits per heavy atom. The summed E-state index contributed by atoms with van der Waals surface area (Å²) in [5.41, 5.74) is 9.15. The lowest BCUT2D eigenvalue weighted by molar-refractivity contribution is 0.0681. The molecular weight excluding hydrogens is 360 g/mol. The van der Waals surface area contributed by atoms with Crippen LogP contribution in [0.2, 0.25) is 0 Å². The molecule has 3 aromatic rings. The lowest BCUT2D eigenvalue weighted by Crippen LogP contribution is -2.46. The molecule has 1 amide bonds. The van der Waals surface area contributed by atoms with Crippen molar-refractivity contribution in [3.63, 3.8) is 0 Å². The maximum Gasteiger partial charge on any atom is 0.259 e. The fourth-order valence-corrected chi connectivity index (χ4v) is 4.66. The van der Waals surface area contributed by atoms with Crippen molar-refractivity contribution in [3.8, 4) is 0 Å². The molecule has 1 fully saturated rings. The van der Waals surface area contributed by atoms with Gasteiger partial charge >= 0.3 is 0 Å². The molecule has 0 saturated carbocycles. The van der Waals surface area contributed by atoms with Crippen LogP contribution < -0.4 is 5.73 Å². The van der Waals surface area contributed by atoms with Gasteiger partial charge < -0.3 is 15.2 Å². The Kier molecular flexibility index (Phi) is 4.47. The highest BCUT2D eigenvalue weighted by Crippen LogP contribution is 2.42. The average Bonchev–Trinajstić information content (AvgIpc) is 3.27.